The Labute approximate surface area is 275 Å². The molecule has 1 aliphatic rings. The number of amides is 2. The number of hydrogen-bond donors (Lipinski definition) is 3. The Balaban J connectivity index is 2.30. The molecule has 0 saturated carbocycles. The minimum absolute atomic E-state index is 0.00487. The molecule has 1 aliphatic heterocycles. The summed E-state index contributed by atoms with van der Waals surface area (Å²) in [5.41, 5.74) is 13.8. The molecular formula is C35H45N5O7. The fourth-order valence-corrected chi connectivity index (χ4v) is 5.71. The number of carbonyl (C=O) groups excluding carboxylic acids is 5. The molecule has 0 radical (unpaired) electrons. The summed E-state index contributed by atoms with van der Waals surface area (Å²) < 4.78 is 12.0. The highest BCUT2D eigenvalue weighted by Crippen LogP contribution is 2.40. The Bertz CT molecular complexity index is 1520. The Morgan fingerprint density at radius 3 is 2.23 bits per heavy atom. The summed E-state index contributed by atoms with van der Waals surface area (Å²) in [6.07, 6.45) is -0.143. The average Bonchev–Trinajstić information content (AvgIpc) is 3.04. The van der Waals surface area contributed by atoms with Crippen molar-refractivity contribution in [1.82, 2.24) is 10.2 Å². The number of carbonyl (C=O) groups is 5. The number of likely N-dealkylation sites (N-methyl/N-ethyl adjacent to an activating group) is 1. The van der Waals surface area contributed by atoms with Gasteiger partial charge < -0.3 is 36.0 Å². The number of rotatable bonds is 13. The van der Waals surface area contributed by atoms with Crippen molar-refractivity contribution in [2.24, 2.45) is 23.3 Å². The summed E-state index contributed by atoms with van der Waals surface area (Å²) in [6.45, 7) is 5.53. The first-order valence-electron chi connectivity index (χ1n) is 15.8. The molecule has 4 bridgehead atoms. The molecule has 0 fully saturated rings. The number of ether oxygens (including phenoxy) is 2. The van der Waals surface area contributed by atoms with Gasteiger partial charge in [0.15, 0.2) is 11.6 Å². The Morgan fingerprint density at radius 1 is 1.02 bits per heavy atom. The van der Waals surface area contributed by atoms with Crippen molar-refractivity contribution in [3.05, 3.63) is 47.5 Å². The highest BCUT2D eigenvalue weighted by Gasteiger charge is 2.34. The number of ketones is 3. The second kappa shape index (κ2) is 17.4. The van der Waals surface area contributed by atoms with Crippen LogP contribution >= 0.6 is 0 Å². The third-order valence-electron chi connectivity index (χ3n) is 8.04. The maximum atomic E-state index is 14.1. The van der Waals surface area contributed by atoms with Gasteiger partial charge in [0.05, 0.1) is 12.1 Å². The van der Waals surface area contributed by atoms with Crippen molar-refractivity contribution in [2.75, 3.05) is 33.4 Å². The van der Waals surface area contributed by atoms with E-state index in [9.17, 15) is 24.0 Å². The standard InChI is InChI=1S/C35H45N5O7/c1-21-17-30(43)33(40(4)35(45)22(2)16-23(3)41)25-8-10-32(47-15-13-38)27(20-25)26-18-24(7-9-31(26)46-14-12-37)19-28(39-34(21)44)29(42)6-5-11-36/h7-10,18,20-22,28,33H,5-6,12-17,19,37-38H2,1-4H3,(H,39,44)/t21-,22-,28+,33+/m1/s1. The zero-order valence-corrected chi connectivity index (χ0v) is 27.5. The fourth-order valence-electron chi connectivity index (χ4n) is 5.71. The third kappa shape index (κ3) is 9.70. The van der Waals surface area contributed by atoms with Crippen LogP contribution in [0.5, 0.6) is 11.5 Å². The van der Waals surface area contributed by atoms with Crippen LogP contribution in [0.25, 0.3) is 11.1 Å². The number of nitriles is 1. The molecule has 4 atom stereocenters. The Kier molecular flexibility index (Phi) is 13.6. The predicted molar refractivity (Wildman–Crippen MR) is 175 cm³/mol. The molecule has 5 N–H and O–H groups in total. The van der Waals surface area contributed by atoms with E-state index in [1.54, 1.807) is 44.2 Å². The molecule has 2 aromatic rings. The van der Waals surface area contributed by atoms with Gasteiger partial charge in [0.2, 0.25) is 11.8 Å². The van der Waals surface area contributed by atoms with Crippen molar-refractivity contribution in [3.63, 3.8) is 0 Å². The smallest absolute Gasteiger partial charge is 0.226 e. The first kappa shape index (κ1) is 36.9. The molecule has 2 amide bonds. The van der Waals surface area contributed by atoms with Crippen LogP contribution in [0.15, 0.2) is 36.4 Å². The van der Waals surface area contributed by atoms with Crippen LogP contribution in [0.3, 0.4) is 0 Å². The molecule has 2 aromatic carbocycles. The number of nitrogens with two attached hydrogens (primary N) is 2. The molecule has 0 aliphatic carbocycles. The van der Waals surface area contributed by atoms with E-state index in [2.05, 4.69) is 5.32 Å². The van der Waals surface area contributed by atoms with E-state index >= 15 is 0 Å². The van der Waals surface area contributed by atoms with Gasteiger partial charge in [-0.05, 0) is 48.7 Å². The van der Waals surface area contributed by atoms with Gasteiger partial charge in [-0.25, -0.2) is 0 Å². The molecule has 1 heterocycles. The predicted octanol–water partition coefficient (Wildman–Crippen LogP) is 2.65. The summed E-state index contributed by atoms with van der Waals surface area (Å²) in [4.78, 5) is 67.5. The number of fused-ring (bicyclic) bond motifs is 5. The van der Waals surface area contributed by atoms with Crippen molar-refractivity contribution < 1.29 is 33.4 Å². The Hall–Kier alpha value is -4.60. The van der Waals surface area contributed by atoms with Gasteiger partial charge in [-0.15, -0.1) is 0 Å². The van der Waals surface area contributed by atoms with Gasteiger partial charge in [-0.1, -0.05) is 26.0 Å². The molecule has 12 heteroatoms. The number of benzene rings is 2. The summed E-state index contributed by atoms with van der Waals surface area (Å²) in [7, 11) is 1.51. The third-order valence-corrected chi connectivity index (χ3v) is 8.04. The first-order valence-corrected chi connectivity index (χ1v) is 15.8. The molecule has 0 aromatic heterocycles. The van der Waals surface area contributed by atoms with E-state index in [0.717, 1.165) is 0 Å². The second-order valence-corrected chi connectivity index (χ2v) is 12.0. The van der Waals surface area contributed by atoms with E-state index in [1.807, 2.05) is 12.1 Å². The largest absolute Gasteiger partial charge is 0.492 e. The average molecular weight is 648 g/mol. The van der Waals surface area contributed by atoms with E-state index in [0.29, 0.717) is 33.8 Å². The van der Waals surface area contributed by atoms with Gasteiger partial charge in [0, 0.05) is 68.8 Å². The van der Waals surface area contributed by atoms with Gasteiger partial charge >= 0.3 is 0 Å². The topological polar surface area (TPSA) is 195 Å². The monoisotopic (exact) mass is 647 g/mol. The molecule has 252 valence electrons. The molecule has 47 heavy (non-hydrogen) atoms. The number of hydrogen-bond acceptors (Lipinski definition) is 10. The lowest BCUT2D eigenvalue weighted by molar-refractivity contribution is -0.143. The highest BCUT2D eigenvalue weighted by atomic mass is 16.5. The number of nitrogens with one attached hydrogen (secondary N) is 1. The minimum Gasteiger partial charge on any atom is -0.492 e. The minimum atomic E-state index is -1.11. The quantitative estimate of drug-likeness (QED) is 0.291. The van der Waals surface area contributed by atoms with Crippen molar-refractivity contribution in [2.45, 2.75) is 65.0 Å². The summed E-state index contributed by atoms with van der Waals surface area (Å²) in [6, 6.07) is 10.4. The number of nitrogens with zero attached hydrogens (tertiary/aromatic N) is 2. The van der Waals surface area contributed by atoms with Crippen LogP contribution in [-0.4, -0.2) is 73.5 Å². The molecule has 0 spiro atoms. The second-order valence-electron chi connectivity index (χ2n) is 12.0. The van der Waals surface area contributed by atoms with Gasteiger partial charge in [0.25, 0.3) is 0 Å². The van der Waals surface area contributed by atoms with E-state index in [-0.39, 0.29) is 70.0 Å². The lowest BCUT2D eigenvalue weighted by Gasteiger charge is -2.31. The van der Waals surface area contributed by atoms with Crippen molar-refractivity contribution in [1.29, 1.82) is 5.26 Å². The normalized spacial score (nSPS) is 18.6. The zero-order valence-electron chi connectivity index (χ0n) is 27.5. The summed E-state index contributed by atoms with van der Waals surface area (Å²) >= 11 is 0. The van der Waals surface area contributed by atoms with E-state index in [4.69, 9.17) is 26.2 Å². The lowest BCUT2D eigenvalue weighted by Crippen LogP contribution is -2.45. The Morgan fingerprint density at radius 2 is 1.64 bits per heavy atom. The maximum absolute atomic E-state index is 14.1. The summed E-state index contributed by atoms with van der Waals surface area (Å²) in [5.74, 6) is -2.38. The SMILES string of the molecule is CC(=O)C[C@@H](C)C(=O)N(C)[C@@H]1C(=O)C[C@@H](C)C(=O)N[C@H](C(=O)CCC#N)Cc2ccc(OCCN)c(c2)-c2cc1ccc2OCCN. The van der Waals surface area contributed by atoms with Crippen molar-refractivity contribution >= 4 is 29.2 Å². The van der Waals surface area contributed by atoms with E-state index in [1.165, 1.54) is 18.9 Å². The molecule has 3 rings (SSSR count). The molecule has 12 nitrogen and oxygen atoms in total. The van der Waals surface area contributed by atoms with Gasteiger partial charge in [-0.3, -0.25) is 19.2 Å². The first-order chi connectivity index (χ1) is 22.4. The lowest BCUT2D eigenvalue weighted by atomic mass is 9.89. The highest BCUT2D eigenvalue weighted by molar-refractivity contribution is 5.96. The summed E-state index contributed by atoms with van der Waals surface area (Å²) in [5, 5.41) is 11.9. The van der Waals surface area contributed by atoms with Crippen LogP contribution in [0.1, 0.15) is 63.6 Å². The van der Waals surface area contributed by atoms with Crippen LogP contribution in [-0.2, 0) is 30.4 Å². The van der Waals surface area contributed by atoms with Crippen molar-refractivity contribution in [3.8, 4) is 28.7 Å². The van der Waals surface area contributed by atoms with Gasteiger partial charge in [-0.2, -0.15) is 5.26 Å². The van der Waals surface area contributed by atoms with Crippen LogP contribution in [0, 0.1) is 23.2 Å². The van der Waals surface area contributed by atoms with E-state index < -0.39 is 41.5 Å². The molecule has 0 unspecified atom stereocenters. The maximum Gasteiger partial charge on any atom is 0.226 e. The molecule has 0 saturated heterocycles. The van der Waals surface area contributed by atoms with Crippen LogP contribution < -0.4 is 26.3 Å². The molecular weight excluding hydrogens is 602 g/mol. The number of Topliss-reactive ketones (excluding diaryl/α,β-unsaturated/α-hetero) is 3. The van der Waals surface area contributed by atoms with Crippen LogP contribution in [0.2, 0.25) is 0 Å². The van der Waals surface area contributed by atoms with Crippen LogP contribution in [0.4, 0.5) is 0 Å². The van der Waals surface area contributed by atoms with Gasteiger partial charge in [0.1, 0.15) is 36.5 Å². The fraction of sp³-hybridized carbons (Fsp3) is 0.486. The zero-order chi connectivity index (χ0) is 34.7.